The van der Waals surface area contributed by atoms with E-state index in [1.165, 1.54) is 6.42 Å². The van der Waals surface area contributed by atoms with Crippen LogP contribution < -0.4 is 4.74 Å². The van der Waals surface area contributed by atoms with Crippen molar-refractivity contribution < 1.29 is 9.53 Å². The summed E-state index contributed by atoms with van der Waals surface area (Å²) >= 11 is 3.43. The summed E-state index contributed by atoms with van der Waals surface area (Å²) in [6.07, 6.45) is 2.29. The van der Waals surface area contributed by atoms with Gasteiger partial charge in [-0.2, -0.15) is 0 Å². The predicted molar refractivity (Wildman–Crippen MR) is 79.6 cm³/mol. The number of hydrogen-bond acceptors (Lipinski definition) is 2. The van der Waals surface area contributed by atoms with Crippen LogP contribution in [0.2, 0.25) is 0 Å². The lowest BCUT2D eigenvalue weighted by Crippen LogP contribution is -2.44. The molecule has 0 N–H and O–H groups in total. The smallest absolute Gasteiger partial charge is 0.254 e. The van der Waals surface area contributed by atoms with Crippen molar-refractivity contribution in [2.24, 2.45) is 5.92 Å². The molecule has 1 heterocycles. The Morgan fingerprint density at radius 2 is 2.11 bits per heavy atom. The van der Waals surface area contributed by atoms with Gasteiger partial charge < -0.3 is 9.64 Å². The van der Waals surface area contributed by atoms with Crippen molar-refractivity contribution in [1.82, 2.24) is 4.90 Å². The first-order chi connectivity index (χ1) is 9.02. The number of nitrogens with zero attached hydrogens (tertiary/aromatic N) is 1. The normalized spacial score (nSPS) is 23.3. The van der Waals surface area contributed by atoms with Gasteiger partial charge in [0, 0.05) is 18.2 Å². The highest BCUT2D eigenvalue weighted by molar-refractivity contribution is 9.10. The van der Waals surface area contributed by atoms with Crippen molar-refractivity contribution in [2.75, 3.05) is 13.7 Å². The lowest BCUT2D eigenvalue weighted by Gasteiger charge is -2.37. The molecule has 2 rings (SSSR count). The predicted octanol–water partition coefficient (Wildman–Crippen LogP) is 3.72. The number of piperidine rings is 1. The van der Waals surface area contributed by atoms with E-state index >= 15 is 0 Å². The van der Waals surface area contributed by atoms with E-state index in [9.17, 15) is 4.79 Å². The fourth-order valence-electron chi connectivity index (χ4n) is 2.54. The molecule has 1 amide bonds. The zero-order valence-electron chi connectivity index (χ0n) is 11.6. The molecule has 1 aliphatic rings. The number of halogens is 1. The van der Waals surface area contributed by atoms with Crippen LogP contribution in [0.1, 0.15) is 37.0 Å². The van der Waals surface area contributed by atoms with Crippen LogP contribution in [0.4, 0.5) is 0 Å². The monoisotopic (exact) mass is 325 g/mol. The van der Waals surface area contributed by atoms with Crippen molar-refractivity contribution in [2.45, 2.75) is 32.7 Å². The fourth-order valence-corrected chi connectivity index (χ4v) is 3.08. The third-order valence-electron chi connectivity index (χ3n) is 3.78. The summed E-state index contributed by atoms with van der Waals surface area (Å²) in [4.78, 5) is 14.6. The highest BCUT2D eigenvalue weighted by Gasteiger charge is 2.27. The number of amides is 1. The largest absolute Gasteiger partial charge is 0.496 e. The number of benzene rings is 1. The van der Waals surface area contributed by atoms with E-state index in [0.717, 1.165) is 23.2 Å². The molecule has 2 unspecified atom stereocenters. The Balaban J connectivity index is 2.21. The Hall–Kier alpha value is -1.03. The Kier molecular flexibility index (Phi) is 4.50. The van der Waals surface area contributed by atoms with Crippen LogP contribution in [-0.4, -0.2) is 30.5 Å². The van der Waals surface area contributed by atoms with Crippen LogP contribution in [-0.2, 0) is 0 Å². The summed E-state index contributed by atoms with van der Waals surface area (Å²) in [6, 6.07) is 5.82. The average Bonchev–Trinajstić information content (AvgIpc) is 2.40. The second-order valence-electron chi connectivity index (χ2n) is 5.34. The first kappa shape index (κ1) is 14.4. The molecule has 0 aliphatic carbocycles. The average molecular weight is 326 g/mol. The van der Waals surface area contributed by atoms with Gasteiger partial charge in [-0.3, -0.25) is 4.79 Å². The second-order valence-corrected chi connectivity index (χ2v) is 6.19. The molecule has 1 aromatic rings. The number of carbonyl (C=O) groups excluding carboxylic acids is 1. The van der Waals surface area contributed by atoms with Crippen molar-refractivity contribution in [3.63, 3.8) is 0 Å². The molecule has 0 radical (unpaired) electrons. The number of methoxy groups -OCH3 is 1. The molecule has 0 spiro atoms. The molecule has 1 fully saturated rings. The van der Waals surface area contributed by atoms with Crippen molar-refractivity contribution in [1.29, 1.82) is 0 Å². The van der Waals surface area contributed by atoms with Gasteiger partial charge in [0.1, 0.15) is 5.75 Å². The third-order valence-corrected chi connectivity index (χ3v) is 4.40. The Bertz CT molecular complexity index is 475. The molecule has 1 aromatic carbocycles. The topological polar surface area (TPSA) is 29.5 Å². The minimum absolute atomic E-state index is 0.113. The molecule has 0 aromatic heterocycles. The lowest BCUT2D eigenvalue weighted by molar-refractivity contribution is 0.0574. The van der Waals surface area contributed by atoms with Gasteiger partial charge in [0.15, 0.2) is 0 Å². The zero-order chi connectivity index (χ0) is 14.0. The van der Waals surface area contributed by atoms with Crippen LogP contribution in [0.3, 0.4) is 0 Å². The van der Waals surface area contributed by atoms with Crippen LogP contribution >= 0.6 is 15.9 Å². The summed E-state index contributed by atoms with van der Waals surface area (Å²) in [5.74, 6) is 1.45. The molecular weight excluding hydrogens is 306 g/mol. The van der Waals surface area contributed by atoms with E-state index in [0.29, 0.717) is 17.5 Å². The molecular formula is C15H20BrNO2. The van der Waals surface area contributed by atoms with Crippen LogP contribution in [0.15, 0.2) is 22.7 Å². The van der Waals surface area contributed by atoms with Crippen molar-refractivity contribution in [3.05, 3.63) is 28.2 Å². The number of ether oxygens (including phenoxy) is 1. The SMILES string of the molecule is COc1ccc(C(=O)N2CC(C)CCC2C)cc1Br. The fraction of sp³-hybridized carbons (Fsp3) is 0.533. The van der Waals surface area contributed by atoms with Crippen LogP contribution in [0.5, 0.6) is 5.75 Å². The summed E-state index contributed by atoms with van der Waals surface area (Å²) < 4.78 is 6.01. The third kappa shape index (κ3) is 3.11. The quantitative estimate of drug-likeness (QED) is 0.829. The maximum atomic E-state index is 12.6. The van der Waals surface area contributed by atoms with E-state index in [-0.39, 0.29) is 5.91 Å². The first-order valence-electron chi connectivity index (χ1n) is 6.67. The van der Waals surface area contributed by atoms with Crippen LogP contribution in [0.25, 0.3) is 0 Å². The molecule has 0 bridgehead atoms. The van der Waals surface area contributed by atoms with E-state index in [4.69, 9.17) is 4.74 Å². The number of likely N-dealkylation sites (tertiary alicyclic amines) is 1. The molecule has 1 aliphatic heterocycles. The highest BCUT2D eigenvalue weighted by Crippen LogP contribution is 2.28. The summed E-state index contributed by atoms with van der Waals surface area (Å²) in [5.41, 5.74) is 0.716. The second kappa shape index (κ2) is 5.95. The maximum absolute atomic E-state index is 12.6. The molecule has 19 heavy (non-hydrogen) atoms. The van der Waals surface area contributed by atoms with Gasteiger partial charge in [-0.1, -0.05) is 6.92 Å². The van der Waals surface area contributed by atoms with E-state index in [1.807, 2.05) is 23.1 Å². The van der Waals surface area contributed by atoms with Gasteiger partial charge in [0.25, 0.3) is 5.91 Å². The standard InChI is InChI=1S/C15H20BrNO2/c1-10-4-5-11(2)17(9-10)15(18)12-6-7-14(19-3)13(16)8-12/h6-8,10-11H,4-5,9H2,1-3H3. The molecule has 2 atom stereocenters. The Morgan fingerprint density at radius 3 is 2.74 bits per heavy atom. The Labute approximate surface area is 123 Å². The molecule has 4 heteroatoms. The van der Waals surface area contributed by atoms with E-state index in [1.54, 1.807) is 7.11 Å². The summed E-state index contributed by atoms with van der Waals surface area (Å²) in [5, 5.41) is 0. The van der Waals surface area contributed by atoms with Crippen LogP contribution in [0, 0.1) is 5.92 Å². The van der Waals surface area contributed by atoms with Gasteiger partial charge >= 0.3 is 0 Å². The zero-order valence-corrected chi connectivity index (χ0v) is 13.2. The first-order valence-corrected chi connectivity index (χ1v) is 7.46. The number of hydrogen-bond donors (Lipinski definition) is 0. The molecule has 1 saturated heterocycles. The van der Waals surface area contributed by atoms with Gasteiger partial charge in [0.2, 0.25) is 0 Å². The lowest BCUT2D eigenvalue weighted by atomic mass is 9.94. The summed E-state index contributed by atoms with van der Waals surface area (Å²) in [7, 11) is 1.62. The van der Waals surface area contributed by atoms with E-state index in [2.05, 4.69) is 29.8 Å². The van der Waals surface area contributed by atoms with Crippen molar-refractivity contribution >= 4 is 21.8 Å². The Morgan fingerprint density at radius 1 is 1.37 bits per heavy atom. The molecule has 3 nitrogen and oxygen atoms in total. The maximum Gasteiger partial charge on any atom is 0.254 e. The van der Waals surface area contributed by atoms with Gasteiger partial charge in [0.05, 0.1) is 11.6 Å². The minimum Gasteiger partial charge on any atom is -0.496 e. The number of rotatable bonds is 2. The highest BCUT2D eigenvalue weighted by atomic mass is 79.9. The van der Waals surface area contributed by atoms with Gasteiger partial charge in [-0.05, 0) is 59.8 Å². The van der Waals surface area contributed by atoms with Gasteiger partial charge in [-0.15, -0.1) is 0 Å². The van der Waals surface area contributed by atoms with Gasteiger partial charge in [-0.25, -0.2) is 0 Å². The summed E-state index contributed by atoms with van der Waals surface area (Å²) in [6.45, 7) is 5.18. The van der Waals surface area contributed by atoms with Crippen molar-refractivity contribution in [3.8, 4) is 5.75 Å². The number of carbonyl (C=O) groups is 1. The molecule has 0 saturated carbocycles. The molecule has 104 valence electrons. The minimum atomic E-state index is 0.113. The van der Waals surface area contributed by atoms with E-state index < -0.39 is 0 Å².